The van der Waals surface area contributed by atoms with E-state index in [1.807, 2.05) is 0 Å². The van der Waals surface area contributed by atoms with Crippen molar-refractivity contribution in [2.45, 2.75) is 32.6 Å². The first-order valence-electron chi connectivity index (χ1n) is 7.27. The van der Waals surface area contributed by atoms with Gasteiger partial charge in [-0.15, -0.1) is 0 Å². The largest absolute Gasteiger partial charge is 0.344 e. The van der Waals surface area contributed by atoms with E-state index in [0.29, 0.717) is 0 Å². The molecule has 1 heterocycles. The molecular formula is C18H21N. The summed E-state index contributed by atoms with van der Waals surface area (Å²) in [6.45, 7) is 2.26. The molecule has 1 nitrogen and oxygen atoms in total. The van der Waals surface area contributed by atoms with E-state index < -0.39 is 0 Å². The summed E-state index contributed by atoms with van der Waals surface area (Å²) in [6.07, 6.45) is 5.11. The van der Waals surface area contributed by atoms with E-state index in [1.165, 1.54) is 53.1 Å². The number of nitrogens with zero attached hydrogens (tertiary/aromatic N) is 1. The van der Waals surface area contributed by atoms with Gasteiger partial charge >= 0.3 is 0 Å². The van der Waals surface area contributed by atoms with Gasteiger partial charge in [0, 0.05) is 28.9 Å². The van der Waals surface area contributed by atoms with Crippen LogP contribution in [0, 0.1) is 0 Å². The molecule has 0 unspecified atom stereocenters. The number of unbranched alkanes of at least 4 members (excludes halogenated alkanes) is 2. The van der Waals surface area contributed by atoms with Gasteiger partial charge < -0.3 is 4.57 Å². The fraction of sp³-hybridized carbons (Fsp3) is 0.333. The van der Waals surface area contributed by atoms with E-state index in [9.17, 15) is 0 Å². The molecule has 0 bridgehead atoms. The molecule has 1 heteroatoms. The van der Waals surface area contributed by atoms with Crippen LogP contribution in [0.3, 0.4) is 0 Å². The smallest absolute Gasteiger partial charge is 0.0488 e. The molecule has 19 heavy (non-hydrogen) atoms. The van der Waals surface area contributed by atoms with Crippen LogP contribution in [0.4, 0.5) is 0 Å². The average Bonchev–Trinajstić information content (AvgIpc) is 2.73. The highest BCUT2D eigenvalue weighted by atomic mass is 14.9. The van der Waals surface area contributed by atoms with Crippen LogP contribution >= 0.6 is 0 Å². The van der Waals surface area contributed by atoms with Crippen LogP contribution in [0.15, 0.2) is 42.5 Å². The van der Waals surface area contributed by atoms with E-state index in [1.54, 1.807) is 0 Å². The van der Waals surface area contributed by atoms with Gasteiger partial charge in [0.25, 0.3) is 0 Å². The van der Waals surface area contributed by atoms with Crippen molar-refractivity contribution >= 4 is 21.8 Å². The second-order valence-corrected chi connectivity index (χ2v) is 5.38. The first-order chi connectivity index (χ1) is 9.31. The minimum absolute atomic E-state index is 1.20. The molecule has 1 aromatic heterocycles. The molecule has 0 radical (unpaired) electrons. The second kappa shape index (κ2) is 5.08. The highest BCUT2D eigenvalue weighted by molar-refractivity contribution is 6.08. The Morgan fingerprint density at radius 1 is 0.895 bits per heavy atom. The molecule has 0 amide bonds. The lowest BCUT2D eigenvalue weighted by Gasteiger charge is -2.02. The summed E-state index contributed by atoms with van der Waals surface area (Å²) in [5.41, 5.74) is 4.13. The van der Waals surface area contributed by atoms with Crippen LogP contribution in [0.25, 0.3) is 21.8 Å². The van der Waals surface area contributed by atoms with Gasteiger partial charge in [-0.25, -0.2) is 0 Å². The Bertz CT molecular complexity index is 706. The van der Waals surface area contributed by atoms with Gasteiger partial charge in [0.1, 0.15) is 0 Å². The van der Waals surface area contributed by atoms with Crippen LogP contribution < -0.4 is 0 Å². The number of benzene rings is 2. The summed E-state index contributed by atoms with van der Waals surface area (Å²) in [6, 6.07) is 15.6. The minimum atomic E-state index is 1.20. The molecule has 0 N–H and O–H groups in total. The molecule has 98 valence electrons. The standard InChI is InChI=1S/C18H21N/c1-3-4-5-8-14-11-12-18-16(13-14)15-9-6-7-10-17(15)19(18)2/h6-7,9-13H,3-5,8H2,1-2H3. The zero-order valence-electron chi connectivity index (χ0n) is 11.8. The third-order valence-electron chi connectivity index (χ3n) is 4.05. The Labute approximate surface area is 114 Å². The highest BCUT2D eigenvalue weighted by Crippen LogP contribution is 2.28. The molecule has 0 saturated heterocycles. The molecule has 0 fully saturated rings. The van der Waals surface area contributed by atoms with Gasteiger partial charge in [-0.1, -0.05) is 44.0 Å². The SMILES string of the molecule is CCCCCc1ccc2c(c1)c1ccccc1n2C. The third kappa shape index (κ3) is 2.14. The van der Waals surface area contributed by atoms with Gasteiger partial charge in [0.05, 0.1) is 0 Å². The number of aromatic nitrogens is 1. The molecule has 0 atom stereocenters. The zero-order chi connectivity index (χ0) is 13.2. The van der Waals surface area contributed by atoms with Crippen LogP contribution in [0.1, 0.15) is 31.7 Å². The molecular weight excluding hydrogens is 230 g/mol. The monoisotopic (exact) mass is 251 g/mol. The van der Waals surface area contributed by atoms with Gasteiger partial charge in [-0.05, 0) is 36.6 Å². The summed E-state index contributed by atoms with van der Waals surface area (Å²) in [5, 5.41) is 2.77. The van der Waals surface area contributed by atoms with Gasteiger partial charge in [-0.2, -0.15) is 0 Å². The maximum atomic E-state index is 2.38. The molecule has 0 spiro atoms. The van der Waals surface area contributed by atoms with E-state index >= 15 is 0 Å². The molecule has 0 aliphatic carbocycles. The Hall–Kier alpha value is -1.76. The van der Waals surface area contributed by atoms with E-state index in [2.05, 4.69) is 61.0 Å². The Balaban J connectivity index is 2.09. The zero-order valence-corrected chi connectivity index (χ0v) is 11.8. The Morgan fingerprint density at radius 2 is 1.68 bits per heavy atom. The first kappa shape index (κ1) is 12.3. The van der Waals surface area contributed by atoms with Crippen molar-refractivity contribution in [3.8, 4) is 0 Å². The molecule has 0 aliphatic rings. The number of aryl methyl sites for hydroxylation is 2. The minimum Gasteiger partial charge on any atom is -0.344 e. The summed E-state index contributed by atoms with van der Waals surface area (Å²) in [4.78, 5) is 0. The Kier molecular flexibility index (Phi) is 3.29. The number of hydrogen-bond acceptors (Lipinski definition) is 0. The van der Waals surface area contributed by atoms with Gasteiger partial charge in [-0.3, -0.25) is 0 Å². The maximum Gasteiger partial charge on any atom is 0.0488 e. The molecule has 3 aromatic rings. The van der Waals surface area contributed by atoms with Crippen molar-refractivity contribution < 1.29 is 0 Å². The molecule has 3 rings (SSSR count). The van der Waals surface area contributed by atoms with E-state index in [0.717, 1.165) is 0 Å². The van der Waals surface area contributed by atoms with Crippen LogP contribution in [-0.4, -0.2) is 4.57 Å². The number of rotatable bonds is 4. The lowest BCUT2D eigenvalue weighted by molar-refractivity contribution is 0.718. The third-order valence-corrected chi connectivity index (χ3v) is 4.05. The molecule has 0 saturated carbocycles. The predicted octanol–water partition coefficient (Wildman–Crippen LogP) is 5.06. The first-order valence-corrected chi connectivity index (χ1v) is 7.27. The Morgan fingerprint density at radius 3 is 2.53 bits per heavy atom. The van der Waals surface area contributed by atoms with Crippen molar-refractivity contribution in [1.29, 1.82) is 0 Å². The van der Waals surface area contributed by atoms with Crippen molar-refractivity contribution in [2.24, 2.45) is 7.05 Å². The van der Waals surface area contributed by atoms with Crippen LogP contribution in [0.5, 0.6) is 0 Å². The van der Waals surface area contributed by atoms with E-state index in [4.69, 9.17) is 0 Å². The average molecular weight is 251 g/mol. The lowest BCUT2D eigenvalue weighted by Crippen LogP contribution is -1.88. The molecule has 0 aliphatic heterocycles. The fourth-order valence-corrected chi connectivity index (χ4v) is 2.95. The maximum absolute atomic E-state index is 2.38. The summed E-state index contributed by atoms with van der Waals surface area (Å²) in [7, 11) is 2.15. The van der Waals surface area contributed by atoms with Crippen molar-refractivity contribution in [1.82, 2.24) is 4.57 Å². The number of para-hydroxylation sites is 1. The van der Waals surface area contributed by atoms with Gasteiger partial charge in [0.15, 0.2) is 0 Å². The van der Waals surface area contributed by atoms with Crippen molar-refractivity contribution in [2.75, 3.05) is 0 Å². The lowest BCUT2D eigenvalue weighted by atomic mass is 10.0. The van der Waals surface area contributed by atoms with Crippen LogP contribution in [-0.2, 0) is 13.5 Å². The fourth-order valence-electron chi connectivity index (χ4n) is 2.95. The summed E-state index contributed by atoms with van der Waals surface area (Å²) < 4.78 is 2.29. The number of fused-ring (bicyclic) bond motifs is 3. The summed E-state index contributed by atoms with van der Waals surface area (Å²) >= 11 is 0. The van der Waals surface area contributed by atoms with E-state index in [-0.39, 0.29) is 0 Å². The quantitative estimate of drug-likeness (QED) is 0.571. The topological polar surface area (TPSA) is 4.93 Å². The van der Waals surface area contributed by atoms with Crippen molar-refractivity contribution in [3.63, 3.8) is 0 Å². The van der Waals surface area contributed by atoms with Crippen molar-refractivity contribution in [3.05, 3.63) is 48.0 Å². The normalized spacial score (nSPS) is 11.5. The van der Waals surface area contributed by atoms with Gasteiger partial charge in [0.2, 0.25) is 0 Å². The highest BCUT2D eigenvalue weighted by Gasteiger charge is 2.07. The molecule has 2 aromatic carbocycles. The number of hydrogen-bond donors (Lipinski definition) is 0. The second-order valence-electron chi connectivity index (χ2n) is 5.38. The summed E-state index contributed by atoms with van der Waals surface area (Å²) in [5.74, 6) is 0. The predicted molar refractivity (Wildman–Crippen MR) is 83.7 cm³/mol. The van der Waals surface area contributed by atoms with Crippen LogP contribution in [0.2, 0.25) is 0 Å².